The normalized spacial score (nSPS) is 12.9. The highest BCUT2D eigenvalue weighted by Crippen LogP contribution is 2.20. The molecule has 7 heteroatoms. The molecule has 2 aromatic rings. The average Bonchev–Trinajstić information content (AvgIpc) is 2.89. The Bertz CT molecular complexity index is 754. The molecule has 2 rings (SSSR count). The summed E-state index contributed by atoms with van der Waals surface area (Å²) in [6.45, 7) is 7.86. The summed E-state index contributed by atoms with van der Waals surface area (Å²) >= 11 is 0. The summed E-state index contributed by atoms with van der Waals surface area (Å²) in [4.78, 5) is 30.7. The maximum atomic E-state index is 12.5. The van der Waals surface area contributed by atoms with Gasteiger partial charge in [-0.3, -0.25) is 9.48 Å². The molecule has 0 aromatic carbocycles. The summed E-state index contributed by atoms with van der Waals surface area (Å²) in [6.07, 6.45) is 4.30. The lowest BCUT2D eigenvalue weighted by molar-refractivity contribution is 0.0929. The predicted octanol–water partition coefficient (Wildman–Crippen LogP) is 1.68. The van der Waals surface area contributed by atoms with Crippen molar-refractivity contribution in [3.05, 3.63) is 45.9 Å². The number of aromatic amines is 1. The van der Waals surface area contributed by atoms with E-state index in [0.29, 0.717) is 12.1 Å². The topological polar surface area (TPSA) is 92.7 Å². The molecule has 0 aliphatic carbocycles. The van der Waals surface area contributed by atoms with E-state index in [9.17, 15) is 9.59 Å². The Morgan fingerprint density at radius 1 is 1.43 bits per heavy atom. The molecule has 23 heavy (non-hydrogen) atoms. The standard InChI is InChI=1S/C16H23N5O2/c1-6-11(10-8-17-21(5)9-10)18-14(22)12-7-13(16(2,3)4)20-15(23)19-12/h7-9,11H,6H2,1-5H3,(H,18,22)(H,19,20,23)/t11-/m1/s1. The second-order valence-corrected chi connectivity index (χ2v) is 6.62. The lowest BCUT2D eigenvalue weighted by Crippen LogP contribution is -2.32. The zero-order chi connectivity index (χ0) is 17.2. The van der Waals surface area contributed by atoms with Crippen LogP contribution in [-0.4, -0.2) is 25.7 Å². The van der Waals surface area contributed by atoms with Gasteiger partial charge in [-0.05, 0) is 12.5 Å². The van der Waals surface area contributed by atoms with E-state index in [1.165, 1.54) is 0 Å². The quantitative estimate of drug-likeness (QED) is 0.897. The average molecular weight is 317 g/mol. The first-order valence-corrected chi connectivity index (χ1v) is 7.62. The fraction of sp³-hybridized carbons (Fsp3) is 0.500. The van der Waals surface area contributed by atoms with Crippen LogP contribution in [0.3, 0.4) is 0 Å². The van der Waals surface area contributed by atoms with Gasteiger partial charge >= 0.3 is 5.69 Å². The summed E-state index contributed by atoms with van der Waals surface area (Å²) in [5, 5.41) is 7.03. The van der Waals surface area contributed by atoms with Crippen molar-refractivity contribution in [1.82, 2.24) is 25.1 Å². The lowest BCUT2D eigenvalue weighted by Gasteiger charge is -2.19. The number of amides is 1. The van der Waals surface area contributed by atoms with Gasteiger partial charge in [0.2, 0.25) is 0 Å². The minimum absolute atomic E-state index is 0.126. The SMILES string of the molecule is CC[C@@H](NC(=O)c1cc(C(C)(C)C)[nH]c(=O)n1)c1cnn(C)c1. The van der Waals surface area contributed by atoms with Gasteiger partial charge in [-0.2, -0.15) is 10.1 Å². The van der Waals surface area contributed by atoms with Gasteiger partial charge < -0.3 is 10.3 Å². The molecule has 2 aromatic heterocycles. The van der Waals surface area contributed by atoms with Gasteiger partial charge in [-0.25, -0.2) is 4.79 Å². The zero-order valence-electron chi connectivity index (χ0n) is 14.2. The fourth-order valence-electron chi connectivity index (χ4n) is 2.25. The Balaban J connectivity index is 2.26. The molecule has 0 aliphatic rings. The molecule has 0 saturated carbocycles. The van der Waals surface area contributed by atoms with E-state index in [2.05, 4.69) is 20.4 Å². The number of aromatic nitrogens is 4. The summed E-state index contributed by atoms with van der Waals surface area (Å²) in [7, 11) is 1.83. The van der Waals surface area contributed by atoms with E-state index < -0.39 is 5.69 Å². The number of aryl methyl sites for hydroxylation is 1. The largest absolute Gasteiger partial charge is 0.345 e. The third-order valence-corrected chi connectivity index (χ3v) is 3.63. The molecule has 1 atom stereocenters. The fourth-order valence-corrected chi connectivity index (χ4v) is 2.25. The van der Waals surface area contributed by atoms with Crippen LogP contribution in [-0.2, 0) is 12.5 Å². The van der Waals surface area contributed by atoms with Gasteiger partial charge in [0.15, 0.2) is 0 Å². The van der Waals surface area contributed by atoms with Crippen LogP contribution in [0.2, 0.25) is 0 Å². The van der Waals surface area contributed by atoms with Crippen molar-refractivity contribution in [2.45, 2.75) is 45.6 Å². The molecule has 0 fully saturated rings. The van der Waals surface area contributed by atoms with E-state index in [1.54, 1.807) is 16.9 Å². The van der Waals surface area contributed by atoms with Crippen molar-refractivity contribution in [3.63, 3.8) is 0 Å². The van der Waals surface area contributed by atoms with Crippen LogP contribution >= 0.6 is 0 Å². The van der Waals surface area contributed by atoms with E-state index in [-0.39, 0.29) is 23.1 Å². The van der Waals surface area contributed by atoms with Crippen LogP contribution < -0.4 is 11.0 Å². The maximum Gasteiger partial charge on any atom is 0.345 e. The molecule has 0 aliphatic heterocycles. The predicted molar refractivity (Wildman–Crippen MR) is 87.3 cm³/mol. The molecule has 2 N–H and O–H groups in total. The third-order valence-electron chi connectivity index (χ3n) is 3.63. The number of hydrogen-bond acceptors (Lipinski definition) is 4. The Labute approximate surface area is 135 Å². The van der Waals surface area contributed by atoms with E-state index >= 15 is 0 Å². The molecule has 0 unspecified atom stereocenters. The molecule has 7 nitrogen and oxygen atoms in total. The maximum absolute atomic E-state index is 12.5. The second kappa shape index (κ2) is 6.36. The molecule has 0 bridgehead atoms. The molecule has 0 radical (unpaired) electrons. The van der Waals surface area contributed by atoms with Crippen LogP contribution in [0.15, 0.2) is 23.3 Å². The minimum atomic E-state index is -0.517. The molecule has 2 heterocycles. The summed E-state index contributed by atoms with van der Waals surface area (Å²) in [5.74, 6) is -0.364. The number of nitrogens with zero attached hydrogens (tertiary/aromatic N) is 3. The molecule has 124 valence electrons. The van der Waals surface area contributed by atoms with Crippen molar-refractivity contribution >= 4 is 5.91 Å². The van der Waals surface area contributed by atoms with Gasteiger partial charge in [-0.1, -0.05) is 27.7 Å². The molecule has 1 amide bonds. The van der Waals surface area contributed by atoms with Crippen LogP contribution in [0.1, 0.15) is 61.9 Å². The zero-order valence-corrected chi connectivity index (χ0v) is 14.2. The first-order chi connectivity index (χ1) is 10.7. The Morgan fingerprint density at radius 2 is 2.13 bits per heavy atom. The van der Waals surface area contributed by atoms with Gasteiger partial charge in [0.25, 0.3) is 5.91 Å². The Kier molecular flexibility index (Phi) is 4.68. The highest BCUT2D eigenvalue weighted by molar-refractivity contribution is 5.92. The molecular formula is C16H23N5O2. The van der Waals surface area contributed by atoms with Crippen molar-refractivity contribution in [2.24, 2.45) is 7.05 Å². The lowest BCUT2D eigenvalue weighted by atomic mass is 9.91. The number of rotatable bonds is 4. The monoisotopic (exact) mass is 317 g/mol. The van der Waals surface area contributed by atoms with Crippen LogP contribution in [0.4, 0.5) is 0 Å². The second-order valence-electron chi connectivity index (χ2n) is 6.62. The van der Waals surface area contributed by atoms with Crippen molar-refractivity contribution in [3.8, 4) is 0 Å². The van der Waals surface area contributed by atoms with Gasteiger partial charge in [0, 0.05) is 29.9 Å². The Morgan fingerprint density at radius 3 is 2.65 bits per heavy atom. The van der Waals surface area contributed by atoms with E-state index in [1.807, 2.05) is 40.9 Å². The van der Waals surface area contributed by atoms with E-state index in [4.69, 9.17) is 0 Å². The first kappa shape index (κ1) is 16.9. The van der Waals surface area contributed by atoms with Gasteiger partial charge in [0.05, 0.1) is 12.2 Å². The van der Waals surface area contributed by atoms with Crippen molar-refractivity contribution in [2.75, 3.05) is 0 Å². The molecule has 0 spiro atoms. The number of hydrogen-bond donors (Lipinski definition) is 2. The number of carbonyl (C=O) groups excluding carboxylic acids is 1. The third kappa shape index (κ3) is 4.06. The summed E-state index contributed by atoms with van der Waals surface area (Å²) < 4.78 is 1.69. The van der Waals surface area contributed by atoms with Crippen molar-refractivity contribution in [1.29, 1.82) is 0 Å². The minimum Gasteiger partial charge on any atom is -0.344 e. The smallest absolute Gasteiger partial charge is 0.344 e. The number of carbonyl (C=O) groups is 1. The first-order valence-electron chi connectivity index (χ1n) is 7.62. The number of H-pyrrole nitrogens is 1. The number of nitrogens with one attached hydrogen (secondary N) is 2. The molecule has 0 saturated heterocycles. The van der Waals surface area contributed by atoms with Gasteiger partial charge in [0.1, 0.15) is 5.69 Å². The van der Waals surface area contributed by atoms with Crippen LogP contribution in [0, 0.1) is 0 Å². The highest BCUT2D eigenvalue weighted by atomic mass is 16.2. The summed E-state index contributed by atoms with van der Waals surface area (Å²) in [6, 6.07) is 1.46. The van der Waals surface area contributed by atoms with Crippen molar-refractivity contribution < 1.29 is 4.79 Å². The summed E-state index contributed by atoms with van der Waals surface area (Å²) in [5.41, 5.74) is 0.935. The van der Waals surface area contributed by atoms with Crippen LogP contribution in [0.25, 0.3) is 0 Å². The highest BCUT2D eigenvalue weighted by Gasteiger charge is 2.21. The van der Waals surface area contributed by atoms with E-state index in [0.717, 1.165) is 5.56 Å². The van der Waals surface area contributed by atoms with Crippen LogP contribution in [0.5, 0.6) is 0 Å². The van der Waals surface area contributed by atoms with Gasteiger partial charge in [-0.15, -0.1) is 0 Å². The Hall–Kier alpha value is -2.44. The molecular weight excluding hydrogens is 294 g/mol.